The van der Waals surface area contributed by atoms with E-state index in [1.807, 2.05) is 0 Å². The summed E-state index contributed by atoms with van der Waals surface area (Å²) in [5, 5.41) is 9.15. The summed E-state index contributed by atoms with van der Waals surface area (Å²) in [5.74, 6) is -2.08. The molecule has 18 heavy (non-hydrogen) atoms. The molecule has 1 amide bonds. The fraction of sp³-hybridized carbons (Fsp3) is 0.600. The van der Waals surface area contributed by atoms with Gasteiger partial charge in [-0.05, 0) is 6.42 Å². The maximum atomic E-state index is 11.2. The highest BCUT2D eigenvalue weighted by Gasteiger charge is 2.49. The van der Waals surface area contributed by atoms with Gasteiger partial charge in [-0.1, -0.05) is 6.92 Å². The zero-order chi connectivity index (χ0) is 14.3. The third kappa shape index (κ3) is 3.64. The molecule has 0 saturated heterocycles. The molecule has 0 radical (unpaired) electrons. The van der Waals surface area contributed by atoms with E-state index >= 15 is 0 Å². The molecule has 0 aliphatic heterocycles. The van der Waals surface area contributed by atoms with E-state index in [0.29, 0.717) is 6.42 Å². The third-order valence-corrected chi connectivity index (χ3v) is 5.89. The number of hydrogen-bond acceptors (Lipinski definition) is 5. The predicted octanol–water partition coefficient (Wildman–Crippen LogP) is 0.141. The maximum absolute atomic E-state index is 11.2. The Hall–Kier alpha value is -1.22. The smallest absolute Gasteiger partial charge is 0.478 e. The lowest BCUT2D eigenvalue weighted by Crippen LogP contribution is -2.49. The average Bonchev–Trinajstić information content (AvgIpc) is 2.33. The van der Waals surface area contributed by atoms with Crippen molar-refractivity contribution in [1.82, 2.24) is 0 Å². The van der Waals surface area contributed by atoms with Crippen LogP contribution in [0.2, 0.25) is 5.54 Å². The number of carbonyl (C=O) groups is 2. The van der Waals surface area contributed by atoms with E-state index in [1.54, 1.807) is 6.92 Å². The summed E-state index contributed by atoms with van der Waals surface area (Å²) in [7, 11) is 0.945. The molecule has 0 saturated carbocycles. The second-order valence-corrected chi connectivity index (χ2v) is 6.61. The fourth-order valence-corrected chi connectivity index (χ4v) is 4.24. The summed E-state index contributed by atoms with van der Waals surface area (Å²) in [6.45, 7) is 1.75. The van der Waals surface area contributed by atoms with Gasteiger partial charge in [-0.2, -0.15) is 0 Å². The van der Waals surface area contributed by atoms with Crippen LogP contribution in [0, 0.1) is 0 Å². The first kappa shape index (κ1) is 16.8. The molecule has 0 spiro atoms. The molecule has 1 atom stereocenters. The molecule has 0 fully saturated rings. The lowest BCUT2D eigenvalue weighted by Gasteiger charge is -2.32. The van der Waals surface area contributed by atoms with Crippen LogP contribution in [0.5, 0.6) is 0 Å². The standard InChI is InChI=1S/C10H19NO6Si/c1-5-8(18(15-2,16-3)17-4)7(10(13)14)6-9(11)12/h6,8H,5H2,1-4H3,(H2,11,12)(H,13,14)/b7-6-. The highest BCUT2D eigenvalue weighted by atomic mass is 28.4. The Labute approximate surface area is 107 Å². The van der Waals surface area contributed by atoms with Crippen molar-refractivity contribution >= 4 is 20.7 Å². The molecule has 0 aliphatic rings. The number of aliphatic carboxylic acids is 1. The minimum Gasteiger partial charge on any atom is -0.478 e. The Kier molecular flexibility index (Phi) is 6.77. The Morgan fingerprint density at radius 2 is 1.72 bits per heavy atom. The Balaban J connectivity index is 5.63. The number of amides is 1. The van der Waals surface area contributed by atoms with Crippen molar-refractivity contribution in [2.75, 3.05) is 21.3 Å². The van der Waals surface area contributed by atoms with Gasteiger partial charge in [0.1, 0.15) is 0 Å². The van der Waals surface area contributed by atoms with Crippen molar-refractivity contribution in [3.05, 3.63) is 11.6 Å². The highest BCUT2D eigenvalue weighted by Crippen LogP contribution is 2.34. The van der Waals surface area contributed by atoms with Crippen molar-refractivity contribution in [2.24, 2.45) is 5.73 Å². The van der Waals surface area contributed by atoms with Gasteiger partial charge in [-0.15, -0.1) is 0 Å². The van der Waals surface area contributed by atoms with Gasteiger partial charge in [0.25, 0.3) is 0 Å². The SMILES string of the molecule is CCC(/C(=C/C(N)=O)C(=O)O)[Si](OC)(OC)OC. The first-order valence-electron chi connectivity index (χ1n) is 5.28. The van der Waals surface area contributed by atoms with E-state index in [0.717, 1.165) is 6.08 Å². The van der Waals surface area contributed by atoms with Crippen LogP contribution in [0.15, 0.2) is 11.6 Å². The van der Waals surface area contributed by atoms with Crippen LogP contribution >= 0.6 is 0 Å². The molecular formula is C10H19NO6Si. The second kappa shape index (κ2) is 7.26. The average molecular weight is 277 g/mol. The first-order valence-corrected chi connectivity index (χ1v) is 7.08. The number of rotatable bonds is 8. The third-order valence-electron chi connectivity index (χ3n) is 2.61. The quantitative estimate of drug-likeness (QED) is 0.482. The fourth-order valence-electron chi connectivity index (χ4n) is 1.80. The number of hydrogen-bond donors (Lipinski definition) is 2. The van der Waals surface area contributed by atoms with Crippen molar-refractivity contribution in [2.45, 2.75) is 18.9 Å². The molecule has 0 rings (SSSR count). The van der Waals surface area contributed by atoms with Crippen LogP contribution in [0.3, 0.4) is 0 Å². The number of primary amides is 1. The summed E-state index contributed by atoms with van der Waals surface area (Å²) in [5.41, 5.74) is 4.18. The first-order chi connectivity index (χ1) is 8.38. The van der Waals surface area contributed by atoms with Gasteiger partial charge >= 0.3 is 14.8 Å². The largest absolute Gasteiger partial charge is 0.508 e. The Morgan fingerprint density at radius 3 is 1.94 bits per heavy atom. The van der Waals surface area contributed by atoms with Gasteiger partial charge in [0.2, 0.25) is 5.91 Å². The van der Waals surface area contributed by atoms with Crippen LogP contribution in [-0.2, 0) is 22.9 Å². The van der Waals surface area contributed by atoms with Crippen LogP contribution in [-0.4, -0.2) is 47.1 Å². The van der Waals surface area contributed by atoms with Crippen molar-refractivity contribution in [3.63, 3.8) is 0 Å². The molecule has 1 unspecified atom stereocenters. The van der Waals surface area contributed by atoms with Crippen molar-refractivity contribution < 1.29 is 28.0 Å². The molecule has 0 heterocycles. The maximum Gasteiger partial charge on any atom is 0.508 e. The van der Waals surface area contributed by atoms with Gasteiger partial charge in [0.05, 0.1) is 5.54 Å². The summed E-state index contributed by atoms with van der Waals surface area (Å²) in [6, 6.07) is 0. The normalized spacial score (nSPS) is 14.3. The molecule has 104 valence electrons. The van der Waals surface area contributed by atoms with E-state index in [4.69, 9.17) is 24.1 Å². The summed E-state index contributed by atoms with van der Waals surface area (Å²) >= 11 is 0. The zero-order valence-electron chi connectivity index (χ0n) is 10.9. The summed E-state index contributed by atoms with van der Waals surface area (Å²) in [6.07, 6.45) is 1.25. The number of carbonyl (C=O) groups excluding carboxylic acids is 1. The lowest BCUT2D eigenvalue weighted by atomic mass is 10.1. The van der Waals surface area contributed by atoms with E-state index in [1.165, 1.54) is 21.3 Å². The monoisotopic (exact) mass is 277 g/mol. The Morgan fingerprint density at radius 1 is 1.28 bits per heavy atom. The van der Waals surface area contributed by atoms with E-state index in [-0.39, 0.29) is 5.57 Å². The summed E-state index contributed by atoms with van der Waals surface area (Å²) < 4.78 is 15.7. The molecule has 0 aromatic heterocycles. The minimum absolute atomic E-state index is 0.165. The molecule has 3 N–H and O–H groups in total. The molecule has 0 aromatic rings. The molecular weight excluding hydrogens is 258 g/mol. The molecule has 7 nitrogen and oxygen atoms in total. The van der Waals surface area contributed by atoms with Crippen molar-refractivity contribution in [3.8, 4) is 0 Å². The van der Waals surface area contributed by atoms with Crippen LogP contribution in [0.1, 0.15) is 13.3 Å². The van der Waals surface area contributed by atoms with E-state index in [2.05, 4.69) is 0 Å². The Bertz CT molecular complexity index is 331. The van der Waals surface area contributed by atoms with Crippen molar-refractivity contribution in [1.29, 1.82) is 0 Å². The topological polar surface area (TPSA) is 108 Å². The molecule has 0 bridgehead atoms. The number of carboxylic acids is 1. The predicted molar refractivity (Wildman–Crippen MR) is 65.7 cm³/mol. The van der Waals surface area contributed by atoms with Gasteiger partial charge < -0.3 is 24.1 Å². The van der Waals surface area contributed by atoms with Crippen LogP contribution in [0.4, 0.5) is 0 Å². The number of nitrogens with two attached hydrogens (primary N) is 1. The zero-order valence-corrected chi connectivity index (χ0v) is 11.9. The van der Waals surface area contributed by atoms with Crippen LogP contribution < -0.4 is 5.73 Å². The minimum atomic E-state index is -3.20. The summed E-state index contributed by atoms with van der Waals surface area (Å²) in [4.78, 5) is 22.1. The van der Waals surface area contributed by atoms with Gasteiger partial charge in [0, 0.05) is 33.0 Å². The van der Waals surface area contributed by atoms with E-state index < -0.39 is 26.2 Å². The highest BCUT2D eigenvalue weighted by molar-refractivity contribution is 6.63. The number of carboxylic acid groups (broad SMARTS) is 1. The van der Waals surface area contributed by atoms with Gasteiger partial charge in [-0.25, -0.2) is 4.79 Å². The van der Waals surface area contributed by atoms with Gasteiger partial charge in [0.15, 0.2) is 0 Å². The van der Waals surface area contributed by atoms with Crippen LogP contribution in [0.25, 0.3) is 0 Å². The molecule has 0 aromatic carbocycles. The second-order valence-electron chi connectivity index (χ2n) is 3.48. The molecule has 8 heteroatoms. The van der Waals surface area contributed by atoms with E-state index in [9.17, 15) is 9.59 Å². The lowest BCUT2D eigenvalue weighted by molar-refractivity contribution is -0.133. The molecule has 0 aliphatic carbocycles. The van der Waals surface area contributed by atoms with Gasteiger partial charge in [-0.3, -0.25) is 4.79 Å².